The van der Waals surface area contributed by atoms with Gasteiger partial charge in [-0.3, -0.25) is 0 Å². The standard InChI is InChI=1S/C6H12O3Si/c1-5-6-10(7-2,8-3)9-4/h1-4H3. The zero-order valence-corrected chi connectivity index (χ0v) is 7.72. The van der Waals surface area contributed by atoms with Crippen molar-refractivity contribution < 1.29 is 13.3 Å². The van der Waals surface area contributed by atoms with Crippen LogP contribution in [0, 0.1) is 11.5 Å². The first-order valence-electron chi connectivity index (χ1n) is 2.84. The van der Waals surface area contributed by atoms with Crippen molar-refractivity contribution in [2.24, 2.45) is 0 Å². The first kappa shape index (κ1) is 9.66. The molecule has 0 unspecified atom stereocenters. The molecule has 0 aromatic carbocycles. The maximum absolute atomic E-state index is 5.00. The normalized spacial score (nSPS) is 10.4. The predicted molar refractivity (Wildman–Crippen MR) is 40.2 cm³/mol. The maximum atomic E-state index is 5.00. The molecule has 0 saturated heterocycles. The Kier molecular flexibility index (Phi) is 4.32. The van der Waals surface area contributed by atoms with E-state index >= 15 is 0 Å². The highest BCUT2D eigenvalue weighted by Crippen LogP contribution is 2.02. The molecular weight excluding hydrogens is 148 g/mol. The van der Waals surface area contributed by atoms with Gasteiger partial charge >= 0.3 is 8.80 Å². The topological polar surface area (TPSA) is 27.7 Å². The lowest BCUT2D eigenvalue weighted by atomic mass is 10.8. The zero-order chi connectivity index (χ0) is 8.04. The van der Waals surface area contributed by atoms with Gasteiger partial charge in [-0.1, -0.05) is 0 Å². The molecule has 0 rings (SSSR count). The van der Waals surface area contributed by atoms with E-state index in [1.807, 2.05) is 0 Å². The molecule has 0 radical (unpaired) electrons. The molecule has 3 nitrogen and oxygen atoms in total. The third-order valence-electron chi connectivity index (χ3n) is 1.08. The van der Waals surface area contributed by atoms with Gasteiger partial charge in [0.2, 0.25) is 0 Å². The van der Waals surface area contributed by atoms with Gasteiger partial charge in [0.25, 0.3) is 0 Å². The quantitative estimate of drug-likeness (QED) is 0.442. The maximum Gasteiger partial charge on any atom is 0.590 e. The molecule has 4 heteroatoms. The minimum atomic E-state index is -2.58. The van der Waals surface area contributed by atoms with E-state index in [0.29, 0.717) is 0 Å². The van der Waals surface area contributed by atoms with Crippen LogP contribution in [-0.4, -0.2) is 30.1 Å². The molecule has 0 bridgehead atoms. The lowest BCUT2D eigenvalue weighted by molar-refractivity contribution is 0.141. The van der Waals surface area contributed by atoms with Gasteiger partial charge in [-0.2, -0.15) is 0 Å². The van der Waals surface area contributed by atoms with E-state index in [2.05, 4.69) is 11.5 Å². The smallest absolute Gasteiger partial charge is 0.367 e. The lowest BCUT2D eigenvalue weighted by Gasteiger charge is -2.16. The minimum absolute atomic E-state index is 1.53. The van der Waals surface area contributed by atoms with Crippen LogP contribution in [0.1, 0.15) is 6.92 Å². The highest BCUT2D eigenvalue weighted by atomic mass is 28.4. The van der Waals surface area contributed by atoms with Crippen molar-refractivity contribution in [3.05, 3.63) is 0 Å². The molecule has 0 aliphatic carbocycles. The highest BCUT2D eigenvalue weighted by Gasteiger charge is 2.35. The third kappa shape index (κ3) is 2.12. The van der Waals surface area contributed by atoms with Crippen molar-refractivity contribution in [2.75, 3.05) is 21.3 Å². The Labute approximate surface area is 62.7 Å². The average Bonchev–Trinajstić information content (AvgIpc) is 2.01. The van der Waals surface area contributed by atoms with Gasteiger partial charge in [0, 0.05) is 21.3 Å². The molecule has 0 amide bonds. The van der Waals surface area contributed by atoms with Gasteiger partial charge < -0.3 is 13.3 Å². The van der Waals surface area contributed by atoms with E-state index in [1.165, 1.54) is 21.3 Å². The van der Waals surface area contributed by atoms with Crippen molar-refractivity contribution >= 4 is 8.80 Å². The fourth-order valence-electron chi connectivity index (χ4n) is 0.556. The molecule has 0 spiro atoms. The number of hydrogen-bond donors (Lipinski definition) is 0. The molecule has 0 aliphatic heterocycles. The Morgan fingerprint density at radius 3 is 1.50 bits per heavy atom. The Hall–Kier alpha value is -0.343. The number of hydrogen-bond acceptors (Lipinski definition) is 3. The lowest BCUT2D eigenvalue weighted by Crippen LogP contribution is -2.41. The summed E-state index contributed by atoms with van der Waals surface area (Å²) in [5, 5.41) is 0. The summed E-state index contributed by atoms with van der Waals surface area (Å²) in [5.41, 5.74) is 2.77. The Morgan fingerprint density at radius 2 is 1.40 bits per heavy atom. The van der Waals surface area contributed by atoms with E-state index in [0.717, 1.165) is 0 Å². The van der Waals surface area contributed by atoms with Gasteiger partial charge in [-0.05, 0) is 12.5 Å². The van der Waals surface area contributed by atoms with Crippen LogP contribution < -0.4 is 0 Å². The van der Waals surface area contributed by atoms with E-state index in [9.17, 15) is 0 Å². The van der Waals surface area contributed by atoms with Crippen LogP contribution in [0.4, 0.5) is 0 Å². The monoisotopic (exact) mass is 160 g/mol. The summed E-state index contributed by atoms with van der Waals surface area (Å²) in [6.45, 7) is 1.72. The second-order valence-electron chi connectivity index (χ2n) is 1.54. The second-order valence-corrected chi connectivity index (χ2v) is 4.13. The molecule has 0 N–H and O–H groups in total. The van der Waals surface area contributed by atoms with E-state index in [1.54, 1.807) is 6.92 Å². The molecular formula is C6H12O3Si. The molecule has 0 heterocycles. The van der Waals surface area contributed by atoms with E-state index < -0.39 is 8.80 Å². The van der Waals surface area contributed by atoms with Gasteiger partial charge in [0.1, 0.15) is 0 Å². The van der Waals surface area contributed by atoms with Crippen molar-refractivity contribution in [1.29, 1.82) is 0 Å². The molecule has 10 heavy (non-hydrogen) atoms. The van der Waals surface area contributed by atoms with Gasteiger partial charge in [0.05, 0.1) is 0 Å². The largest absolute Gasteiger partial charge is 0.590 e. The fraction of sp³-hybridized carbons (Fsp3) is 0.667. The Balaban J connectivity index is 4.25. The van der Waals surface area contributed by atoms with Crippen LogP contribution in [0.3, 0.4) is 0 Å². The predicted octanol–water partition coefficient (Wildman–Crippen LogP) is 0.427. The van der Waals surface area contributed by atoms with Crippen LogP contribution >= 0.6 is 0 Å². The van der Waals surface area contributed by atoms with Crippen LogP contribution in [0.5, 0.6) is 0 Å². The molecule has 0 aromatic heterocycles. The van der Waals surface area contributed by atoms with Crippen molar-refractivity contribution in [2.45, 2.75) is 6.92 Å². The summed E-state index contributed by atoms with van der Waals surface area (Å²) in [6.07, 6.45) is 0. The molecule has 58 valence electrons. The molecule has 0 fully saturated rings. The van der Waals surface area contributed by atoms with Crippen LogP contribution in [0.15, 0.2) is 0 Å². The minimum Gasteiger partial charge on any atom is -0.367 e. The third-order valence-corrected chi connectivity index (χ3v) is 3.25. The van der Waals surface area contributed by atoms with Crippen molar-refractivity contribution in [3.8, 4) is 11.5 Å². The Bertz CT molecular complexity index is 135. The molecule has 0 atom stereocenters. The summed E-state index contributed by atoms with van der Waals surface area (Å²) >= 11 is 0. The number of rotatable bonds is 3. The second kappa shape index (κ2) is 4.47. The van der Waals surface area contributed by atoms with Gasteiger partial charge in [0.15, 0.2) is 0 Å². The first-order valence-corrected chi connectivity index (χ1v) is 4.56. The van der Waals surface area contributed by atoms with Gasteiger partial charge in [-0.15, -0.1) is 5.92 Å². The Morgan fingerprint density at radius 1 is 1.00 bits per heavy atom. The van der Waals surface area contributed by atoms with Crippen LogP contribution in [-0.2, 0) is 13.3 Å². The average molecular weight is 160 g/mol. The van der Waals surface area contributed by atoms with Crippen LogP contribution in [0.2, 0.25) is 0 Å². The summed E-state index contributed by atoms with van der Waals surface area (Å²) in [6, 6.07) is 0. The fourth-order valence-corrected chi connectivity index (χ4v) is 1.67. The van der Waals surface area contributed by atoms with Crippen LogP contribution in [0.25, 0.3) is 0 Å². The SMILES string of the molecule is CC#C[Si](OC)(OC)OC. The van der Waals surface area contributed by atoms with Crippen molar-refractivity contribution in [3.63, 3.8) is 0 Å². The summed E-state index contributed by atoms with van der Waals surface area (Å²) in [4.78, 5) is 0. The van der Waals surface area contributed by atoms with E-state index in [-0.39, 0.29) is 0 Å². The highest BCUT2D eigenvalue weighted by molar-refractivity contribution is 6.69. The summed E-state index contributed by atoms with van der Waals surface area (Å²) in [5.74, 6) is 2.70. The van der Waals surface area contributed by atoms with Gasteiger partial charge in [-0.25, -0.2) is 0 Å². The zero-order valence-electron chi connectivity index (χ0n) is 6.72. The molecule has 0 aliphatic rings. The first-order chi connectivity index (χ1) is 4.74. The van der Waals surface area contributed by atoms with Crippen molar-refractivity contribution in [1.82, 2.24) is 0 Å². The van der Waals surface area contributed by atoms with E-state index in [4.69, 9.17) is 13.3 Å². The summed E-state index contributed by atoms with van der Waals surface area (Å²) < 4.78 is 15.0. The molecule has 0 aromatic rings. The summed E-state index contributed by atoms with van der Waals surface area (Å²) in [7, 11) is 2.02. The molecule has 0 saturated carbocycles.